The number of phenolic OH excluding ortho intramolecular Hbond substituents is 1. The molecule has 1 aromatic carbocycles. The van der Waals surface area contributed by atoms with Crippen molar-refractivity contribution in [3.05, 3.63) is 84.2 Å². The van der Waals surface area contributed by atoms with Gasteiger partial charge in [-0.05, 0) is 111 Å². The standard InChI is InChI=1S/C45H61N3O7/c1-2-3-5-8-28-11-12-30(41(51)20-28)9-6-4-7-10-38(44(53)54)43(52)31-13-15-39-32(19-29-17-18-47-42(46)21-29)22-34(45(39,55)27-31)25-35-14-16-40(48-35)33-23-36(49)26-37(50)24-33/h11-18,21,23-24,26,28,30-32,34,38-39,41,43,48-52,55H,2-10,19-20,22,25,27H2,1H3,(H2,46,47)(H,53,54)/p-1/t28-,30-,31-,32+,34+,38+,39+,41-,43-,45+/m1/s1. The Hall–Kier alpha value is -4.12. The summed E-state index contributed by atoms with van der Waals surface area (Å²) in [5.74, 6) is -2.23. The third-order valence-corrected chi connectivity index (χ3v) is 12.8. The van der Waals surface area contributed by atoms with Crippen LogP contribution in [0.2, 0.25) is 0 Å². The van der Waals surface area contributed by atoms with Crippen molar-refractivity contribution in [2.24, 2.45) is 41.4 Å². The number of pyridine rings is 1. The van der Waals surface area contributed by atoms with Gasteiger partial charge < -0.3 is 41.4 Å². The molecule has 10 nitrogen and oxygen atoms in total. The van der Waals surface area contributed by atoms with Crippen LogP contribution >= 0.6 is 0 Å². The maximum atomic E-state index is 12.7. The second kappa shape index (κ2) is 18.2. The molecule has 3 aliphatic carbocycles. The van der Waals surface area contributed by atoms with Crippen LogP contribution in [0.15, 0.2) is 73.0 Å². The molecule has 10 atom stereocenters. The van der Waals surface area contributed by atoms with Gasteiger partial charge in [0.05, 0.1) is 23.7 Å². The lowest BCUT2D eigenvalue weighted by atomic mass is 9.68. The summed E-state index contributed by atoms with van der Waals surface area (Å²) in [7, 11) is 0. The first-order valence-corrected chi connectivity index (χ1v) is 20.5. The van der Waals surface area contributed by atoms with E-state index < -0.39 is 29.5 Å². The van der Waals surface area contributed by atoms with Gasteiger partial charge in [-0.3, -0.25) is 4.79 Å². The molecule has 2 aromatic heterocycles. The summed E-state index contributed by atoms with van der Waals surface area (Å²) in [6.07, 6.45) is 19.9. The van der Waals surface area contributed by atoms with E-state index in [1.165, 1.54) is 37.5 Å². The number of benzene rings is 1. The summed E-state index contributed by atoms with van der Waals surface area (Å²) in [6.45, 7) is 2.20. The van der Waals surface area contributed by atoms with Crippen LogP contribution < -0.4 is 10.8 Å². The van der Waals surface area contributed by atoms with E-state index in [0.717, 1.165) is 43.4 Å². The van der Waals surface area contributed by atoms with Crippen LogP contribution in [0.4, 0.5) is 5.82 Å². The van der Waals surface area contributed by atoms with Crippen molar-refractivity contribution in [2.75, 3.05) is 5.73 Å². The quantitative estimate of drug-likeness (QED) is 0.0532. The van der Waals surface area contributed by atoms with Crippen molar-refractivity contribution in [3.63, 3.8) is 0 Å². The summed E-state index contributed by atoms with van der Waals surface area (Å²) < 4.78 is 0. The van der Waals surface area contributed by atoms with Crippen molar-refractivity contribution in [1.82, 2.24) is 9.97 Å². The van der Waals surface area contributed by atoms with Crippen LogP contribution in [0.25, 0.3) is 11.3 Å². The number of nitrogens with two attached hydrogens (primary N) is 1. The zero-order valence-electron chi connectivity index (χ0n) is 32.1. The van der Waals surface area contributed by atoms with Crippen LogP contribution in [-0.4, -0.2) is 59.3 Å². The summed E-state index contributed by atoms with van der Waals surface area (Å²) >= 11 is 0. The molecule has 3 aliphatic rings. The number of nitrogens with zero attached hydrogens (tertiary/aromatic N) is 1. The van der Waals surface area contributed by atoms with E-state index in [-0.39, 0.29) is 47.7 Å². The molecule has 0 bridgehead atoms. The molecule has 55 heavy (non-hydrogen) atoms. The largest absolute Gasteiger partial charge is 0.872 e. The molecule has 298 valence electrons. The number of aliphatic carboxylic acids is 1. The van der Waals surface area contributed by atoms with Gasteiger partial charge in [0.15, 0.2) is 0 Å². The summed E-state index contributed by atoms with van der Waals surface area (Å²) in [5, 5.41) is 67.4. The number of carbonyl (C=O) groups is 1. The molecule has 0 aliphatic heterocycles. The summed E-state index contributed by atoms with van der Waals surface area (Å²) in [5.41, 5.74) is 7.97. The Bertz CT molecular complexity index is 1770. The number of phenols is 1. The fourth-order valence-corrected chi connectivity index (χ4v) is 9.90. The number of rotatable bonds is 18. The van der Waals surface area contributed by atoms with E-state index in [0.29, 0.717) is 55.1 Å². The minimum atomic E-state index is -1.20. The summed E-state index contributed by atoms with van der Waals surface area (Å²) in [4.78, 5) is 20.1. The van der Waals surface area contributed by atoms with Crippen molar-refractivity contribution in [1.29, 1.82) is 0 Å². The van der Waals surface area contributed by atoms with Gasteiger partial charge in [0, 0.05) is 40.9 Å². The minimum Gasteiger partial charge on any atom is -0.872 e. The Balaban J connectivity index is 1.10. The monoisotopic (exact) mass is 754 g/mol. The van der Waals surface area contributed by atoms with Gasteiger partial charge in [-0.15, -0.1) is 5.75 Å². The van der Waals surface area contributed by atoms with Gasteiger partial charge in [0.1, 0.15) is 11.6 Å². The number of carboxylic acid groups (broad SMARTS) is 1. The molecule has 0 radical (unpaired) electrons. The fourth-order valence-electron chi connectivity index (χ4n) is 9.90. The van der Waals surface area contributed by atoms with Crippen molar-refractivity contribution in [2.45, 2.75) is 115 Å². The van der Waals surface area contributed by atoms with Gasteiger partial charge in [0.25, 0.3) is 0 Å². The predicted octanol–water partition coefficient (Wildman–Crippen LogP) is 6.93. The lowest BCUT2D eigenvalue weighted by Gasteiger charge is -2.42. The third-order valence-electron chi connectivity index (χ3n) is 12.8. The molecule has 3 aromatic rings. The van der Waals surface area contributed by atoms with Gasteiger partial charge >= 0.3 is 5.97 Å². The van der Waals surface area contributed by atoms with Crippen LogP contribution in [0, 0.1) is 41.4 Å². The van der Waals surface area contributed by atoms with Crippen LogP contribution in [0.1, 0.15) is 95.2 Å². The Kier molecular flexibility index (Phi) is 13.4. The highest BCUT2D eigenvalue weighted by molar-refractivity contribution is 5.70. The zero-order chi connectivity index (χ0) is 39.1. The Morgan fingerprint density at radius 2 is 1.82 bits per heavy atom. The van der Waals surface area contributed by atoms with E-state index in [4.69, 9.17) is 5.73 Å². The molecule has 1 fully saturated rings. The molecule has 8 N–H and O–H groups in total. The van der Waals surface area contributed by atoms with Gasteiger partial charge in [-0.2, -0.15) is 0 Å². The van der Waals surface area contributed by atoms with E-state index in [1.807, 2.05) is 36.4 Å². The Morgan fingerprint density at radius 3 is 2.56 bits per heavy atom. The molecule has 0 spiro atoms. The average molecular weight is 755 g/mol. The predicted molar refractivity (Wildman–Crippen MR) is 212 cm³/mol. The fraction of sp³-hybridized carbons (Fsp3) is 0.556. The number of aromatic amines is 1. The molecule has 2 heterocycles. The first kappa shape index (κ1) is 40.5. The van der Waals surface area contributed by atoms with Crippen LogP contribution in [-0.2, 0) is 17.6 Å². The van der Waals surface area contributed by atoms with Crippen molar-refractivity contribution in [3.8, 4) is 22.8 Å². The Morgan fingerprint density at radius 1 is 1.00 bits per heavy atom. The second-order valence-electron chi connectivity index (χ2n) is 16.8. The van der Waals surface area contributed by atoms with Crippen molar-refractivity contribution >= 4 is 11.8 Å². The number of nitrogens with one attached hydrogen (secondary N) is 1. The van der Waals surface area contributed by atoms with E-state index >= 15 is 0 Å². The van der Waals surface area contributed by atoms with Gasteiger partial charge in [-0.1, -0.05) is 75.8 Å². The molecular weight excluding hydrogens is 695 g/mol. The number of hydrogen-bond acceptors (Lipinski definition) is 8. The van der Waals surface area contributed by atoms with E-state index in [2.05, 4.69) is 29.0 Å². The number of aliphatic hydroxyl groups is 3. The second-order valence-corrected chi connectivity index (χ2v) is 16.8. The number of unbranched alkanes of at least 4 members (excludes halogenated alkanes) is 4. The number of aromatic hydroxyl groups is 1. The minimum absolute atomic E-state index is 0.0782. The highest BCUT2D eigenvalue weighted by Gasteiger charge is 2.55. The highest BCUT2D eigenvalue weighted by Crippen LogP contribution is 2.54. The normalized spacial score (nSPS) is 28.5. The molecular formula is C45H60N3O7-. The number of aromatic nitrogens is 2. The first-order chi connectivity index (χ1) is 26.4. The maximum Gasteiger partial charge on any atom is 0.309 e. The number of nitrogen functional groups attached to an aromatic ring is 1. The van der Waals surface area contributed by atoms with Gasteiger partial charge in [0.2, 0.25) is 0 Å². The van der Waals surface area contributed by atoms with E-state index in [1.54, 1.807) is 6.20 Å². The highest BCUT2D eigenvalue weighted by atomic mass is 16.4. The molecule has 0 unspecified atom stereocenters. The number of aliphatic hydroxyl groups excluding tert-OH is 2. The third kappa shape index (κ3) is 10.0. The smallest absolute Gasteiger partial charge is 0.309 e. The number of H-pyrrole nitrogens is 1. The number of allylic oxidation sites excluding steroid dienone is 1. The first-order valence-electron chi connectivity index (χ1n) is 20.5. The van der Waals surface area contributed by atoms with E-state index in [9.17, 15) is 35.4 Å². The lowest BCUT2D eigenvalue weighted by molar-refractivity contribution is -0.268. The van der Waals surface area contributed by atoms with Gasteiger partial charge in [-0.25, -0.2) is 4.98 Å². The molecule has 1 saturated carbocycles. The molecule has 0 amide bonds. The van der Waals surface area contributed by atoms with Crippen molar-refractivity contribution < 1.29 is 35.4 Å². The molecule has 6 rings (SSSR count). The number of hydrogen-bond donors (Lipinski definition) is 7. The molecule has 10 heteroatoms. The number of fused-ring (bicyclic) bond motifs is 1. The van der Waals surface area contributed by atoms with Crippen LogP contribution in [0.5, 0.6) is 11.5 Å². The SMILES string of the molecule is CCCCC[C@@H]1C=C[C@@H](CCCCC[C@H](C(=O)O)[C@H](O)[C@@H]2C=C[C@H]3[C@@H](Cc4ccnc(N)c4)C[C@@H](Cc4ccc(-c5cc([O-])cc(O)c5)[nH]4)[C@@]3(O)C2)[C@H](O)C1. The lowest BCUT2D eigenvalue weighted by Crippen LogP contribution is -2.48. The zero-order valence-corrected chi connectivity index (χ0v) is 32.1. The number of carboxylic acids is 1. The topological polar surface area (TPSA) is 196 Å². The maximum absolute atomic E-state index is 12.7. The molecule has 0 saturated heterocycles. The number of anilines is 1. The van der Waals surface area contributed by atoms with Crippen LogP contribution in [0.3, 0.4) is 0 Å². The Labute approximate surface area is 325 Å². The average Bonchev–Trinajstić information content (AvgIpc) is 3.71. The summed E-state index contributed by atoms with van der Waals surface area (Å²) in [6, 6.07) is 11.8.